The molecule has 0 bridgehead atoms. The first-order valence-electron chi connectivity index (χ1n) is 8.05. The Morgan fingerprint density at radius 2 is 1.70 bits per heavy atom. The standard InChI is InChI=1S/C18H19N5/c1-22-10-12-23(13-11-22)18-15-4-2-3-5-16(15)20-17(21-18)14-6-8-19-9-7-14/h2-9H,10-13H2,1H3/p+1. The molecule has 0 amide bonds. The number of rotatable bonds is 2. The molecule has 3 heterocycles. The fourth-order valence-electron chi connectivity index (χ4n) is 3.03. The van der Waals surface area contributed by atoms with Crippen LogP contribution in [0.3, 0.4) is 0 Å². The van der Waals surface area contributed by atoms with Crippen molar-refractivity contribution < 1.29 is 4.90 Å². The summed E-state index contributed by atoms with van der Waals surface area (Å²) in [4.78, 5) is 17.7. The van der Waals surface area contributed by atoms with Gasteiger partial charge in [0.25, 0.3) is 0 Å². The third kappa shape index (κ3) is 2.75. The van der Waals surface area contributed by atoms with E-state index in [1.807, 2.05) is 18.2 Å². The lowest BCUT2D eigenvalue weighted by molar-refractivity contribution is -0.880. The molecule has 0 saturated carbocycles. The molecule has 1 N–H and O–H groups in total. The number of anilines is 1. The van der Waals surface area contributed by atoms with Crippen molar-refractivity contribution in [2.24, 2.45) is 0 Å². The van der Waals surface area contributed by atoms with Gasteiger partial charge in [0.1, 0.15) is 5.82 Å². The summed E-state index contributed by atoms with van der Waals surface area (Å²) >= 11 is 0. The van der Waals surface area contributed by atoms with Gasteiger partial charge in [-0.2, -0.15) is 0 Å². The van der Waals surface area contributed by atoms with Crippen molar-refractivity contribution in [3.8, 4) is 11.4 Å². The molecular weight excluding hydrogens is 286 g/mol. The minimum absolute atomic E-state index is 0.771. The van der Waals surface area contributed by atoms with Crippen LogP contribution in [0, 0.1) is 0 Å². The van der Waals surface area contributed by atoms with Crippen LogP contribution < -0.4 is 9.80 Å². The molecule has 3 aromatic rings. The number of nitrogens with one attached hydrogen (secondary N) is 1. The average Bonchev–Trinajstić information content (AvgIpc) is 2.62. The third-order valence-corrected chi connectivity index (χ3v) is 4.44. The second-order valence-corrected chi connectivity index (χ2v) is 6.07. The number of quaternary nitrogens is 1. The van der Waals surface area contributed by atoms with Gasteiger partial charge in [0, 0.05) is 23.3 Å². The number of benzene rings is 1. The minimum atomic E-state index is 0.771. The molecule has 5 heteroatoms. The molecule has 1 saturated heterocycles. The molecule has 1 aromatic carbocycles. The highest BCUT2D eigenvalue weighted by molar-refractivity contribution is 5.91. The maximum Gasteiger partial charge on any atom is 0.162 e. The molecule has 0 unspecified atom stereocenters. The lowest BCUT2D eigenvalue weighted by Crippen LogP contribution is -3.12. The van der Waals surface area contributed by atoms with E-state index in [-0.39, 0.29) is 0 Å². The Morgan fingerprint density at radius 1 is 0.957 bits per heavy atom. The van der Waals surface area contributed by atoms with Gasteiger partial charge >= 0.3 is 0 Å². The van der Waals surface area contributed by atoms with Crippen LogP contribution in [-0.4, -0.2) is 48.2 Å². The predicted octanol–water partition coefficient (Wildman–Crippen LogP) is 1.03. The SMILES string of the molecule is C[NH+]1CCN(c2nc(-c3ccncc3)nc3ccccc23)CC1. The van der Waals surface area contributed by atoms with Crippen molar-refractivity contribution in [2.75, 3.05) is 38.1 Å². The highest BCUT2D eigenvalue weighted by Gasteiger charge is 2.21. The van der Waals surface area contributed by atoms with E-state index >= 15 is 0 Å². The van der Waals surface area contributed by atoms with Crippen molar-refractivity contribution in [2.45, 2.75) is 0 Å². The minimum Gasteiger partial charge on any atom is -0.345 e. The second kappa shape index (κ2) is 5.93. The monoisotopic (exact) mass is 306 g/mol. The van der Waals surface area contributed by atoms with Crippen LogP contribution in [0.2, 0.25) is 0 Å². The molecule has 2 aromatic heterocycles. The quantitative estimate of drug-likeness (QED) is 0.768. The van der Waals surface area contributed by atoms with Crippen molar-refractivity contribution in [3.05, 3.63) is 48.8 Å². The molecule has 0 radical (unpaired) electrons. The molecule has 1 fully saturated rings. The maximum absolute atomic E-state index is 4.90. The Balaban J connectivity index is 1.84. The van der Waals surface area contributed by atoms with Gasteiger partial charge in [-0.25, -0.2) is 9.97 Å². The zero-order valence-electron chi connectivity index (χ0n) is 13.2. The topological polar surface area (TPSA) is 46.4 Å². The highest BCUT2D eigenvalue weighted by Crippen LogP contribution is 2.27. The van der Waals surface area contributed by atoms with E-state index in [9.17, 15) is 0 Å². The van der Waals surface area contributed by atoms with Crippen LogP contribution in [0.15, 0.2) is 48.8 Å². The van der Waals surface area contributed by atoms with E-state index in [4.69, 9.17) is 9.97 Å². The number of fused-ring (bicyclic) bond motifs is 1. The number of hydrogen-bond donors (Lipinski definition) is 1. The highest BCUT2D eigenvalue weighted by atomic mass is 15.3. The first-order valence-corrected chi connectivity index (χ1v) is 8.05. The van der Waals surface area contributed by atoms with Gasteiger partial charge in [-0.3, -0.25) is 4.98 Å². The number of para-hydroxylation sites is 1. The van der Waals surface area contributed by atoms with Crippen LogP contribution in [0.5, 0.6) is 0 Å². The van der Waals surface area contributed by atoms with Crippen LogP contribution in [0.1, 0.15) is 0 Å². The van der Waals surface area contributed by atoms with Crippen molar-refractivity contribution in [3.63, 3.8) is 0 Å². The summed E-state index contributed by atoms with van der Waals surface area (Å²) in [6, 6.07) is 12.2. The zero-order valence-corrected chi connectivity index (χ0v) is 13.2. The van der Waals surface area contributed by atoms with E-state index in [1.165, 1.54) is 0 Å². The van der Waals surface area contributed by atoms with Gasteiger partial charge in [0.2, 0.25) is 0 Å². The van der Waals surface area contributed by atoms with E-state index in [2.05, 4.69) is 35.1 Å². The van der Waals surface area contributed by atoms with Crippen molar-refractivity contribution >= 4 is 16.7 Å². The van der Waals surface area contributed by atoms with Crippen molar-refractivity contribution in [1.29, 1.82) is 0 Å². The van der Waals surface area contributed by atoms with Gasteiger partial charge < -0.3 is 9.80 Å². The van der Waals surface area contributed by atoms with Gasteiger partial charge in [0.15, 0.2) is 5.82 Å². The van der Waals surface area contributed by atoms with Gasteiger partial charge in [0.05, 0.1) is 38.7 Å². The molecule has 0 spiro atoms. The smallest absolute Gasteiger partial charge is 0.162 e. The van der Waals surface area contributed by atoms with E-state index < -0.39 is 0 Å². The number of pyridine rings is 1. The van der Waals surface area contributed by atoms with Crippen LogP contribution >= 0.6 is 0 Å². The average molecular weight is 306 g/mol. The fourth-order valence-corrected chi connectivity index (χ4v) is 3.03. The summed E-state index contributed by atoms with van der Waals surface area (Å²) in [6.45, 7) is 4.34. The van der Waals surface area contributed by atoms with Gasteiger partial charge in [-0.05, 0) is 24.3 Å². The fraction of sp³-hybridized carbons (Fsp3) is 0.278. The summed E-state index contributed by atoms with van der Waals surface area (Å²) in [6.07, 6.45) is 3.57. The van der Waals surface area contributed by atoms with E-state index in [0.717, 1.165) is 54.3 Å². The predicted molar refractivity (Wildman–Crippen MR) is 91.6 cm³/mol. The summed E-state index contributed by atoms with van der Waals surface area (Å²) in [5.41, 5.74) is 2.00. The van der Waals surface area contributed by atoms with E-state index in [0.29, 0.717) is 0 Å². The Bertz CT molecular complexity index is 810. The molecular formula is C18H20N5+. The number of nitrogens with zero attached hydrogens (tertiary/aromatic N) is 4. The molecule has 23 heavy (non-hydrogen) atoms. The lowest BCUT2D eigenvalue weighted by atomic mass is 10.2. The van der Waals surface area contributed by atoms with Crippen LogP contribution in [0.4, 0.5) is 5.82 Å². The Labute approximate surface area is 135 Å². The number of likely N-dealkylation sites (N-methyl/N-ethyl adjacent to an activating group) is 1. The Kier molecular flexibility index (Phi) is 3.63. The summed E-state index contributed by atoms with van der Waals surface area (Å²) < 4.78 is 0. The molecule has 5 nitrogen and oxygen atoms in total. The largest absolute Gasteiger partial charge is 0.345 e. The molecule has 1 aliphatic heterocycles. The summed E-state index contributed by atoms with van der Waals surface area (Å²) in [5, 5.41) is 1.13. The lowest BCUT2D eigenvalue weighted by Gasteiger charge is -2.31. The molecule has 4 rings (SSSR count). The first-order chi connectivity index (χ1) is 11.3. The summed E-state index contributed by atoms with van der Waals surface area (Å²) in [7, 11) is 2.25. The second-order valence-electron chi connectivity index (χ2n) is 6.07. The molecule has 0 aliphatic carbocycles. The number of aromatic nitrogens is 3. The first kappa shape index (κ1) is 14.1. The zero-order chi connectivity index (χ0) is 15.6. The molecule has 0 atom stereocenters. The van der Waals surface area contributed by atoms with Crippen LogP contribution in [-0.2, 0) is 0 Å². The number of piperazine rings is 1. The summed E-state index contributed by atoms with van der Waals surface area (Å²) in [5.74, 6) is 1.82. The maximum atomic E-state index is 4.90. The van der Waals surface area contributed by atoms with Gasteiger partial charge in [-0.15, -0.1) is 0 Å². The van der Waals surface area contributed by atoms with E-state index in [1.54, 1.807) is 17.3 Å². The van der Waals surface area contributed by atoms with Crippen LogP contribution in [0.25, 0.3) is 22.3 Å². The molecule has 116 valence electrons. The third-order valence-electron chi connectivity index (χ3n) is 4.44. The normalized spacial score (nSPS) is 16.0. The van der Waals surface area contributed by atoms with Gasteiger partial charge in [-0.1, -0.05) is 12.1 Å². The number of hydrogen-bond acceptors (Lipinski definition) is 4. The van der Waals surface area contributed by atoms with Crippen molar-refractivity contribution in [1.82, 2.24) is 15.0 Å². The molecule has 1 aliphatic rings. The Hall–Kier alpha value is -2.53. The Morgan fingerprint density at radius 3 is 2.48 bits per heavy atom.